The van der Waals surface area contributed by atoms with Gasteiger partial charge in [-0.2, -0.15) is 0 Å². The molecule has 1 saturated heterocycles. The van der Waals surface area contributed by atoms with Crippen LogP contribution in [-0.4, -0.2) is 71.8 Å². The van der Waals surface area contributed by atoms with E-state index in [1.165, 1.54) is 17.9 Å². The zero-order chi connectivity index (χ0) is 24.6. The highest BCUT2D eigenvalue weighted by atomic mass is 16.5. The second kappa shape index (κ2) is 9.18. The van der Waals surface area contributed by atoms with Crippen molar-refractivity contribution in [2.24, 2.45) is 0 Å². The molecule has 0 saturated carbocycles. The molecule has 2 aromatic carbocycles. The van der Waals surface area contributed by atoms with Gasteiger partial charge >= 0.3 is 12.1 Å². The minimum Gasteiger partial charge on any atom is -0.496 e. The van der Waals surface area contributed by atoms with E-state index in [9.17, 15) is 19.5 Å². The van der Waals surface area contributed by atoms with Crippen molar-refractivity contribution in [3.05, 3.63) is 64.8 Å². The van der Waals surface area contributed by atoms with Crippen LogP contribution in [-0.2, 0) is 16.1 Å². The monoisotopic (exact) mass is 465 g/mol. The van der Waals surface area contributed by atoms with Crippen molar-refractivity contribution in [3.63, 3.8) is 0 Å². The normalized spacial score (nSPS) is 16.6. The van der Waals surface area contributed by atoms with E-state index >= 15 is 0 Å². The zero-order valence-corrected chi connectivity index (χ0v) is 19.6. The second-order valence-corrected chi connectivity index (χ2v) is 8.35. The topological polar surface area (TPSA) is 101 Å². The Morgan fingerprint density at radius 2 is 1.82 bits per heavy atom. The molecule has 1 unspecified atom stereocenters. The average Bonchev–Trinajstić information content (AvgIpc) is 3.29. The molecule has 1 atom stereocenters. The highest BCUT2D eigenvalue weighted by Crippen LogP contribution is 2.36. The van der Waals surface area contributed by atoms with Gasteiger partial charge in [0.25, 0.3) is 0 Å². The summed E-state index contributed by atoms with van der Waals surface area (Å²) < 4.78 is 11.6. The van der Waals surface area contributed by atoms with Crippen LogP contribution in [0.25, 0.3) is 10.9 Å². The van der Waals surface area contributed by atoms with E-state index in [2.05, 4.69) is 4.90 Å². The number of aromatic nitrogens is 1. The summed E-state index contributed by atoms with van der Waals surface area (Å²) in [6, 6.07) is 9.88. The number of nitrogens with zero attached hydrogens (tertiary/aromatic N) is 3. The molecule has 0 bridgehead atoms. The van der Waals surface area contributed by atoms with Gasteiger partial charge in [-0.25, -0.2) is 9.59 Å². The van der Waals surface area contributed by atoms with Gasteiger partial charge in [0.1, 0.15) is 11.8 Å². The summed E-state index contributed by atoms with van der Waals surface area (Å²) >= 11 is 0. The lowest BCUT2D eigenvalue weighted by molar-refractivity contribution is -0.140. The van der Waals surface area contributed by atoms with Gasteiger partial charge in [0.15, 0.2) is 0 Å². The fourth-order valence-electron chi connectivity index (χ4n) is 4.60. The zero-order valence-electron chi connectivity index (χ0n) is 19.6. The number of carbonyl (C=O) groups is 3. The van der Waals surface area contributed by atoms with E-state index in [1.54, 1.807) is 49.4 Å². The van der Waals surface area contributed by atoms with Crippen LogP contribution in [0.3, 0.4) is 0 Å². The number of carbonyl (C=O) groups excluding carboxylic acids is 2. The molecule has 1 amide bonds. The van der Waals surface area contributed by atoms with E-state index in [-0.39, 0.29) is 5.91 Å². The molecule has 34 heavy (non-hydrogen) atoms. The Morgan fingerprint density at radius 1 is 1.12 bits per heavy atom. The third-order valence-corrected chi connectivity index (χ3v) is 6.36. The molecule has 1 aromatic heterocycles. The summed E-state index contributed by atoms with van der Waals surface area (Å²) in [5.41, 5.74) is 3.37. The summed E-state index contributed by atoms with van der Waals surface area (Å²) in [6.45, 7) is 3.40. The number of benzene rings is 2. The predicted octanol–water partition coefficient (Wildman–Crippen LogP) is 3.29. The molecule has 4 rings (SSSR count). The Kier molecular flexibility index (Phi) is 6.30. The number of fused-ring (bicyclic) bond motifs is 1. The average molecular weight is 466 g/mol. The van der Waals surface area contributed by atoms with E-state index in [0.29, 0.717) is 36.5 Å². The third kappa shape index (κ3) is 3.99. The molecule has 0 aliphatic carbocycles. The van der Waals surface area contributed by atoms with E-state index in [0.717, 1.165) is 22.1 Å². The van der Waals surface area contributed by atoms with Crippen molar-refractivity contribution in [2.75, 3.05) is 34.4 Å². The summed E-state index contributed by atoms with van der Waals surface area (Å²) in [7, 11) is 4.68. The number of carboxylic acid groups (broad SMARTS) is 1. The summed E-state index contributed by atoms with van der Waals surface area (Å²) in [5.74, 6) is 0.145. The fraction of sp³-hybridized carbons (Fsp3) is 0.320. The van der Waals surface area contributed by atoms with Crippen molar-refractivity contribution in [2.45, 2.75) is 19.5 Å². The molecular weight excluding hydrogens is 438 g/mol. The Balaban J connectivity index is 1.77. The van der Waals surface area contributed by atoms with Crippen LogP contribution in [0, 0.1) is 6.92 Å². The van der Waals surface area contributed by atoms with Crippen LogP contribution in [0.2, 0.25) is 0 Å². The predicted molar refractivity (Wildman–Crippen MR) is 125 cm³/mol. The van der Waals surface area contributed by atoms with Crippen molar-refractivity contribution in [1.29, 1.82) is 0 Å². The van der Waals surface area contributed by atoms with Gasteiger partial charge in [0, 0.05) is 43.8 Å². The first-order chi connectivity index (χ1) is 16.3. The molecule has 1 aliphatic heterocycles. The molecule has 0 spiro atoms. The first-order valence-electron chi connectivity index (χ1n) is 10.8. The van der Waals surface area contributed by atoms with Gasteiger partial charge in [-0.1, -0.05) is 12.1 Å². The first-order valence-corrected chi connectivity index (χ1v) is 10.8. The van der Waals surface area contributed by atoms with Gasteiger partial charge in [-0.3, -0.25) is 14.3 Å². The maximum atomic E-state index is 13.2. The number of esters is 1. The van der Waals surface area contributed by atoms with Crippen molar-refractivity contribution >= 4 is 28.9 Å². The van der Waals surface area contributed by atoms with Gasteiger partial charge in [0.05, 0.1) is 25.3 Å². The molecule has 3 aromatic rings. The Morgan fingerprint density at radius 3 is 2.44 bits per heavy atom. The second-order valence-electron chi connectivity index (χ2n) is 8.35. The maximum Gasteiger partial charge on any atom is 0.416 e. The highest BCUT2D eigenvalue weighted by Gasteiger charge is 2.35. The number of methoxy groups -OCH3 is 2. The van der Waals surface area contributed by atoms with Crippen LogP contribution in [0.4, 0.5) is 4.79 Å². The van der Waals surface area contributed by atoms with Crippen molar-refractivity contribution in [1.82, 2.24) is 14.4 Å². The van der Waals surface area contributed by atoms with Gasteiger partial charge < -0.3 is 19.5 Å². The van der Waals surface area contributed by atoms with Crippen LogP contribution in [0.5, 0.6) is 5.75 Å². The summed E-state index contributed by atoms with van der Waals surface area (Å²) in [4.78, 5) is 40.6. The SMILES string of the molecule is COC(=O)c1ccc(C2C(=O)N(C)CCN2Cc2c(OC)cc(C)c3c2ccn3C(=O)O)cc1. The highest BCUT2D eigenvalue weighted by molar-refractivity contribution is 5.94. The molecular formula is C25H27N3O6. The molecule has 1 aliphatic rings. The van der Waals surface area contributed by atoms with Crippen LogP contribution < -0.4 is 4.74 Å². The van der Waals surface area contributed by atoms with E-state index in [4.69, 9.17) is 9.47 Å². The Labute approximate surface area is 197 Å². The lowest BCUT2D eigenvalue weighted by Gasteiger charge is -2.39. The number of amides is 1. The number of aryl methyl sites for hydroxylation is 1. The number of ether oxygens (including phenoxy) is 2. The number of likely N-dealkylation sites (N-methyl/N-ethyl adjacent to an activating group) is 1. The lowest BCUT2D eigenvalue weighted by Crippen LogP contribution is -2.50. The molecule has 9 nitrogen and oxygen atoms in total. The largest absolute Gasteiger partial charge is 0.496 e. The standard InChI is InChI=1S/C25H27N3O6/c1-15-13-20(33-3)19(18-9-10-28(21(15)18)25(31)32)14-27-12-11-26(2)23(29)22(27)16-5-7-17(8-6-16)24(30)34-4/h5-10,13,22H,11-12,14H2,1-4H3,(H,31,32). The van der Waals surface area contributed by atoms with E-state index in [1.807, 2.05) is 13.0 Å². The van der Waals surface area contributed by atoms with Gasteiger partial charge in [-0.05, 0) is 42.3 Å². The molecule has 2 heterocycles. The summed E-state index contributed by atoms with van der Waals surface area (Å²) in [6.07, 6.45) is 0.466. The summed E-state index contributed by atoms with van der Waals surface area (Å²) in [5, 5.41) is 10.4. The molecule has 9 heteroatoms. The Hall–Kier alpha value is -3.85. The number of hydrogen-bond acceptors (Lipinski definition) is 6. The van der Waals surface area contributed by atoms with Crippen LogP contribution in [0.1, 0.15) is 33.1 Å². The quantitative estimate of drug-likeness (QED) is 0.577. The molecule has 1 fully saturated rings. The van der Waals surface area contributed by atoms with Gasteiger partial charge in [0.2, 0.25) is 5.91 Å². The Bertz CT molecular complexity index is 1260. The number of piperazine rings is 1. The molecule has 1 N–H and O–H groups in total. The van der Waals surface area contributed by atoms with Crippen molar-refractivity contribution < 1.29 is 29.0 Å². The minimum absolute atomic E-state index is 0.0532. The first kappa shape index (κ1) is 23.3. The van der Waals surface area contributed by atoms with Gasteiger partial charge in [-0.15, -0.1) is 0 Å². The lowest BCUT2D eigenvalue weighted by atomic mass is 9.98. The van der Waals surface area contributed by atoms with Crippen LogP contribution in [0.15, 0.2) is 42.6 Å². The smallest absolute Gasteiger partial charge is 0.416 e. The minimum atomic E-state index is -1.06. The van der Waals surface area contributed by atoms with Crippen LogP contribution >= 0.6 is 0 Å². The van der Waals surface area contributed by atoms with Crippen molar-refractivity contribution in [3.8, 4) is 5.75 Å². The third-order valence-electron chi connectivity index (χ3n) is 6.36. The number of rotatable bonds is 5. The fourth-order valence-corrected chi connectivity index (χ4v) is 4.60. The maximum absolute atomic E-state index is 13.2. The number of hydrogen-bond donors (Lipinski definition) is 1. The molecule has 178 valence electrons. The molecule has 0 radical (unpaired) electrons. The van der Waals surface area contributed by atoms with E-state index < -0.39 is 18.1 Å².